The lowest BCUT2D eigenvalue weighted by Gasteiger charge is -2.22. The second-order valence-electron chi connectivity index (χ2n) is 4.54. The van der Waals surface area contributed by atoms with Gasteiger partial charge in [0.05, 0.1) is 5.92 Å². The third-order valence-electron chi connectivity index (χ3n) is 3.03. The van der Waals surface area contributed by atoms with E-state index in [1.54, 1.807) is 0 Å². The van der Waals surface area contributed by atoms with Gasteiger partial charge in [0.1, 0.15) is 0 Å². The Bertz CT molecular complexity index is 198. The zero-order valence-corrected chi connectivity index (χ0v) is 10.0. The topological polar surface area (TPSA) is 46.3 Å². The van der Waals surface area contributed by atoms with Crippen molar-refractivity contribution in [3.63, 3.8) is 0 Å². The van der Waals surface area contributed by atoms with Crippen LogP contribution in [0.5, 0.6) is 0 Å². The average molecular weight is 212 g/mol. The predicted octanol–water partition coefficient (Wildman–Crippen LogP) is 1.76. The van der Waals surface area contributed by atoms with Crippen LogP contribution in [-0.4, -0.2) is 29.9 Å². The number of amides is 1. The summed E-state index contributed by atoms with van der Waals surface area (Å²) in [7, 11) is 0. The Morgan fingerprint density at radius 2 is 1.73 bits per heavy atom. The highest BCUT2D eigenvalue weighted by Crippen LogP contribution is 2.30. The van der Waals surface area contributed by atoms with Gasteiger partial charge in [0, 0.05) is 19.1 Å². The fourth-order valence-electron chi connectivity index (χ4n) is 1.76. The Balaban J connectivity index is 2.35. The summed E-state index contributed by atoms with van der Waals surface area (Å²) in [5.74, 6) is 0.433. The number of nitrogens with two attached hydrogens (primary N) is 1. The summed E-state index contributed by atoms with van der Waals surface area (Å²) in [6.07, 6.45) is 5.40. The number of carbonyl (C=O) groups excluding carboxylic acids is 1. The molecule has 1 saturated carbocycles. The summed E-state index contributed by atoms with van der Waals surface area (Å²) in [5, 5.41) is 0. The van der Waals surface area contributed by atoms with E-state index in [9.17, 15) is 4.79 Å². The number of unbranched alkanes of at least 4 members (excludes halogenated alkanes) is 2. The van der Waals surface area contributed by atoms with Gasteiger partial charge < -0.3 is 10.6 Å². The van der Waals surface area contributed by atoms with Gasteiger partial charge in [-0.05, 0) is 19.3 Å². The Hall–Kier alpha value is -0.570. The summed E-state index contributed by atoms with van der Waals surface area (Å²) < 4.78 is 0. The van der Waals surface area contributed by atoms with Crippen molar-refractivity contribution < 1.29 is 4.79 Å². The maximum absolute atomic E-state index is 12.0. The van der Waals surface area contributed by atoms with Gasteiger partial charge in [-0.3, -0.25) is 4.79 Å². The van der Waals surface area contributed by atoms with Gasteiger partial charge in [-0.2, -0.15) is 0 Å². The molecule has 3 heteroatoms. The summed E-state index contributed by atoms with van der Waals surface area (Å²) >= 11 is 0. The molecule has 0 aliphatic heterocycles. The third-order valence-corrected chi connectivity index (χ3v) is 3.03. The Morgan fingerprint density at radius 1 is 1.27 bits per heavy atom. The molecule has 0 radical (unpaired) electrons. The van der Waals surface area contributed by atoms with Crippen molar-refractivity contribution in [2.24, 2.45) is 11.7 Å². The smallest absolute Gasteiger partial charge is 0.227 e. The van der Waals surface area contributed by atoms with E-state index in [2.05, 4.69) is 13.8 Å². The number of hydrogen-bond acceptors (Lipinski definition) is 2. The van der Waals surface area contributed by atoms with E-state index < -0.39 is 0 Å². The zero-order valence-electron chi connectivity index (χ0n) is 10.0. The van der Waals surface area contributed by atoms with Gasteiger partial charge in [0.25, 0.3) is 0 Å². The summed E-state index contributed by atoms with van der Waals surface area (Å²) in [6, 6.07) is 0.142. The molecule has 0 aromatic carbocycles. The lowest BCUT2D eigenvalue weighted by atomic mass is 10.2. The van der Waals surface area contributed by atoms with Crippen molar-refractivity contribution in [3.05, 3.63) is 0 Å². The minimum absolute atomic E-state index is 0.138. The Morgan fingerprint density at radius 3 is 2.07 bits per heavy atom. The van der Waals surface area contributed by atoms with E-state index in [0.29, 0.717) is 5.91 Å². The van der Waals surface area contributed by atoms with E-state index in [1.165, 1.54) is 0 Å². The molecule has 2 N–H and O–H groups in total. The monoisotopic (exact) mass is 212 g/mol. The van der Waals surface area contributed by atoms with E-state index in [1.807, 2.05) is 4.90 Å². The van der Waals surface area contributed by atoms with E-state index in [-0.39, 0.29) is 12.0 Å². The first-order valence-electron chi connectivity index (χ1n) is 6.25. The minimum atomic E-state index is 0.138. The molecule has 2 atom stereocenters. The van der Waals surface area contributed by atoms with Crippen LogP contribution in [0.15, 0.2) is 0 Å². The van der Waals surface area contributed by atoms with Crippen LogP contribution in [0.1, 0.15) is 46.0 Å². The van der Waals surface area contributed by atoms with Gasteiger partial charge in [-0.15, -0.1) is 0 Å². The Labute approximate surface area is 93.0 Å². The highest BCUT2D eigenvalue weighted by Gasteiger charge is 2.41. The first-order chi connectivity index (χ1) is 7.20. The fourth-order valence-corrected chi connectivity index (χ4v) is 1.76. The van der Waals surface area contributed by atoms with Crippen molar-refractivity contribution >= 4 is 5.91 Å². The van der Waals surface area contributed by atoms with Crippen LogP contribution in [0.4, 0.5) is 0 Å². The standard InChI is InChI=1S/C12H24N2O/c1-3-5-7-14(8-6-4-2)12(15)10-9-11(10)13/h10-11H,3-9,13H2,1-2H3. The first kappa shape index (κ1) is 12.5. The van der Waals surface area contributed by atoms with Crippen LogP contribution in [0.25, 0.3) is 0 Å². The molecule has 1 amide bonds. The molecule has 0 bridgehead atoms. The summed E-state index contributed by atoms with van der Waals surface area (Å²) in [4.78, 5) is 14.0. The molecular weight excluding hydrogens is 188 g/mol. The van der Waals surface area contributed by atoms with Crippen molar-refractivity contribution in [3.8, 4) is 0 Å². The molecule has 15 heavy (non-hydrogen) atoms. The second-order valence-corrected chi connectivity index (χ2v) is 4.54. The van der Waals surface area contributed by atoms with E-state index in [4.69, 9.17) is 5.73 Å². The predicted molar refractivity (Wildman–Crippen MR) is 62.5 cm³/mol. The van der Waals surface area contributed by atoms with Crippen LogP contribution in [-0.2, 0) is 4.79 Å². The molecule has 1 fully saturated rings. The van der Waals surface area contributed by atoms with Crippen molar-refractivity contribution in [2.45, 2.75) is 52.0 Å². The largest absolute Gasteiger partial charge is 0.342 e. The minimum Gasteiger partial charge on any atom is -0.342 e. The number of hydrogen-bond donors (Lipinski definition) is 1. The fraction of sp³-hybridized carbons (Fsp3) is 0.917. The second kappa shape index (κ2) is 6.11. The van der Waals surface area contributed by atoms with Gasteiger partial charge >= 0.3 is 0 Å². The normalized spacial score (nSPS) is 23.9. The van der Waals surface area contributed by atoms with Crippen molar-refractivity contribution in [1.82, 2.24) is 4.90 Å². The first-order valence-corrected chi connectivity index (χ1v) is 6.25. The highest BCUT2D eigenvalue weighted by molar-refractivity contribution is 5.82. The average Bonchev–Trinajstić information content (AvgIpc) is 2.95. The van der Waals surface area contributed by atoms with Gasteiger partial charge in [-0.25, -0.2) is 0 Å². The maximum Gasteiger partial charge on any atom is 0.227 e. The molecule has 2 unspecified atom stereocenters. The molecular formula is C12H24N2O. The molecule has 88 valence electrons. The number of rotatable bonds is 7. The lowest BCUT2D eigenvalue weighted by molar-refractivity contribution is -0.132. The summed E-state index contributed by atoms with van der Waals surface area (Å²) in [6.45, 7) is 6.15. The van der Waals surface area contributed by atoms with Crippen LogP contribution in [0, 0.1) is 5.92 Å². The molecule has 0 heterocycles. The van der Waals surface area contributed by atoms with Crippen molar-refractivity contribution in [1.29, 1.82) is 0 Å². The van der Waals surface area contributed by atoms with Gasteiger partial charge in [0.15, 0.2) is 0 Å². The lowest BCUT2D eigenvalue weighted by Crippen LogP contribution is -2.35. The third kappa shape index (κ3) is 3.82. The molecule has 1 aliphatic rings. The zero-order chi connectivity index (χ0) is 11.3. The van der Waals surface area contributed by atoms with Crippen LogP contribution in [0.2, 0.25) is 0 Å². The highest BCUT2D eigenvalue weighted by atomic mass is 16.2. The number of carbonyl (C=O) groups is 1. The molecule has 1 rings (SSSR count). The molecule has 1 aliphatic carbocycles. The molecule has 0 saturated heterocycles. The van der Waals surface area contributed by atoms with Gasteiger partial charge in [0.2, 0.25) is 5.91 Å². The van der Waals surface area contributed by atoms with Crippen LogP contribution < -0.4 is 5.73 Å². The number of nitrogens with zero attached hydrogens (tertiary/aromatic N) is 1. The maximum atomic E-state index is 12.0. The molecule has 0 spiro atoms. The molecule has 3 nitrogen and oxygen atoms in total. The molecule has 0 aromatic rings. The van der Waals surface area contributed by atoms with E-state index >= 15 is 0 Å². The quantitative estimate of drug-likeness (QED) is 0.699. The summed E-state index contributed by atoms with van der Waals surface area (Å²) in [5.41, 5.74) is 5.72. The molecule has 0 aromatic heterocycles. The van der Waals surface area contributed by atoms with Crippen LogP contribution >= 0.6 is 0 Å². The van der Waals surface area contributed by atoms with Crippen molar-refractivity contribution in [2.75, 3.05) is 13.1 Å². The SMILES string of the molecule is CCCCN(CCCC)C(=O)C1CC1N. The Kier molecular flexibility index (Phi) is 5.09. The van der Waals surface area contributed by atoms with Gasteiger partial charge in [-0.1, -0.05) is 26.7 Å². The van der Waals surface area contributed by atoms with Crippen LogP contribution in [0.3, 0.4) is 0 Å². The van der Waals surface area contributed by atoms with E-state index in [0.717, 1.165) is 45.2 Å².